The molecule has 0 heterocycles. The Bertz CT molecular complexity index is 343. The molecule has 17 heavy (non-hydrogen) atoms. The predicted octanol–water partition coefficient (Wildman–Crippen LogP) is 2.01. The van der Waals surface area contributed by atoms with Gasteiger partial charge in [0.2, 0.25) is 0 Å². The van der Waals surface area contributed by atoms with Gasteiger partial charge in [0.25, 0.3) is 0 Å². The smallest absolute Gasteiger partial charge is 0.338 e. The van der Waals surface area contributed by atoms with Crippen LogP contribution in [0.5, 0.6) is 5.75 Å². The van der Waals surface area contributed by atoms with E-state index in [1.54, 1.807) is 24.3 Å². The van der Waals surface area contributed by atoms with E-state index in [-0.39, 0.29) is 18.7 Å². The molecule has 94 valence electrons. The number of ether oxygens (including phenoxy) is 2. The van der Waals surface area contributed by atoms with Crippen LogP contribution in [0.25, 0.3) is 0 Å². The molecule has 1 N–H and O–H groups in total. The Labute approximate surface area is 101 Å². The molecule has 1 aromatic carbocycles. The quantitative estimate of drug-likeness (QED) is 0.608. The first-order valence-electron chi connectivity index (χ1n) is 5.68. The Morgan fingerprint density at radius 3 is 2.47 bits per heavy atom. The molecule has 0 saturated carbocycles. The van der Waals surface area contributed by atoms with Crippen molar-refractivity contribution < 1.29 is 19.4 Å². The van der Waals surface area contributed by atoms with Crippen LogP contribution in [-0.2, 0) is 4.74 Å². The Kier molecular flexibility index (Phi) is 5.49. The minimum Gasteiger partial charge on any atom is -0.494 e. The lowest BCUT2D eigenvalue weighted by Crippen LogP contribution is -2.11. The van der Waals surface area contributed by atoms with Gasteiger partial charge in [0.15, 0.2) is 0 Å². The number of benzene rings is 1. The van der Waals surface area contributed by atoms with E-state index < -0.39 is 0 Å². The van der Waals surface area contributed by atoms with Crippen LogP contribution in [-0.4, -0.2) is 30.4 Å². The fourth-order valence-corrected chi connectivity index (χ4v) is 1.22. The van der Waals surface area contributed by atoms with Crippen molar-refractivity contribution in [3.8, 4) is 5.75 Å². The molecule has 0 atom stereocenters. The van der Waals surface area contributed by atoms with E-state index in [9.17, 15) is 4.79 Å². The molecule has 0 saturated heterocycles. The molecule has 0 radical (unpaired) electrons. The monoisotopic (exact) mass is 238 g/mol. The summed E-state index contributed by atoms with van der Waals surface area (Å²) >= 11 is 0. The van der Waals surface area contributed by atoms with Gasteiger partial charge in [-0.2, -0.15) is 0 Å². The predicted molar refractivity (Wildman–Crippen MR) is 64.2 cm³/mol. The first-order chi connectivity index (χ1) is 8.13. The summed E-state index contributed by atoms with van der Waals surface area (Å²) in [6.45, 7) is 4.19. The number of aliphatic hydroxyl groups is 1. The second-order valence-corrected chi connectivity index (χ2v) is 3.90. The normalized spacial score (nSPS) is 10.4. The van der Waals surface area contributed by atoms with Crippen molar-refractivity contribution >= 4 is 5.97 Å². The molecule has 1 aromatic rings. The third-order valence-electron chi connectivity index (χ3n) is 2.00. The molecule has 0 fully saturated rings. The van der Waals surface area contributed by atoms with Gasteiger partial charge in [-0.1, -0.05) is 0 Å². The summed E-state index contributed by atoms with van der Waals surface area (Å²) in [5.41, 5.74) is 0.508. The average Bonchev–Trinajstić information content (AvgIpc) is 2.29. The number of carbonyl (C=O) groups is 1. The highest BCUT2D eigenvalue weighted by atomic mass is 16.5. The summed E-state index contributed by atoms with van der Waals surface area (Å²) in [6, 6.07) is 6.76. The zero-order chi connectivity index (χ0) is 12.7. The molecule has 4 nitrogen and oxygen atoms in total. The summed E-state index contributed by atoms with van der Waals surface area (Å²) in [5, 5.41) is 8.60. The van der Waals surface area contributed by atoms with Gasteiger partial charge in [-0.05, 0) is 38.1 Å². The molecule has 0 aliphatic carbocycles. The lowest BCUT2D eigenvalue weighted by Gasteiger charge is -2.09. The maximum atomic E-state index is 11.5. The van der Waals surface area contributed by atoms with Gasteiger partial charge < -0.3 is 14.6 Å². The van der Waals surface area contributed by atoms with E-state index in [1.807, 2.05) is 13.8 Å². The fraction of sp³-hybridized carbons (Fsp3) is 0.462. The summed E-state index contributed by atoms with van der Waals surface area (Å²) in [6.07, 6.45) is 0.472. The van der Waals surface area contributed by atoms with Crippen molar-refractivity contribution in [3.05, 3.63) is 29.8 Å². The van der Waals surface area contributed by atoms with Gasteiger partial charge in [-0.3, -0.25) is 0 Å². The minimum absolute atomic E-state index is 0.110. The summed E-state index contributed by atoms with van der Waals surface area (Å²) in [5.74, 6) is 0.349. The van der Waals surface area contributed by atoms with Crippen molar-refractivity contribution in [3.63, 3.8) is 0 Å². The lowest BCUT2D eigenvalue weighted by molar-refractivity contribution is 0.0378. The molecule has 4 heteroatoms. The fourth-order valence-electron chi connectivity index (χ4n) is 1.22. The first kappa shape index (κ1) is 13.5. The van der Waals surface area contributed by atoms with Crippen molar-refractivity contribution in [1.82, 2.24) is 0 Å². The van der Waals surface area contributed by atoms with Crippen LogP contribution in [0.1, 0.15) is 30.6 Å². The minimum atomic E-state index is -0.332. The number of carbonyl (C=O) groups excluding carboxylic acids is 1. The topological polar surface area (TPSA) is 55.8 Å². The Hall–Kier alpha value is -1.55. The third kappa shape index (κ3) is 4.87. The van der Waals surface area contributed by atoms with Crippen molar-refractivity contribution in [2.75, 3.05) is 13.2 Å². The van der Waals surface area contributed by atoms with Gasteiger partial charge in [0, 0.05) is 13.0 Å². The van der Waals surface area contributed by atoms with E-state index >= 15 is 0 Å². The highest BCUT2D eigenvalue weighted by molar-refractivity contribution is 5.89. The second-order valence-electron chi connectivity index (χ2n) is 3.90. The first-order valence-corrected chi connectivity index (χ1v) is 5.68. The van der Waals surface area contributed by atoms with Crippen molar-refractivity contribution in [2.24, 2.45) is 0 Å². The largest absolute Gasteiger partial charge is 0.494 e. The summed E-state index contributed by atoms with van der Waals surface area (Å²) < 4.78 is 10.4. The van der Waals surface area contributed by atoms with Gasteiger partial charge in [-0.15, -0.1) is 0 Å². The van der Waals surface area contributed by atoms with E-state index in [0.29, 0.717) is 24.3 Å². The van der Waals surface area contributed by atoms with Gasteiger partial charge >= 0.3 is 5.97 Å². The Morgan fingerprint density at radius 1 is 1.29 bits per heavy atom. The molecule has 0 unspecified atom stereocenters. The zero-order valence-corrected chi connectivity index (χ0v) is 10.2. The van der Waals surface area contributed by atoms with E-state index in [2.05, 4.69) is 0 Å². The van der Waals surface area contributed by atoms with E-state index in [1.165, 1.54) is 0 Å². The molecular weight excluding hydrogens is 220 g/mol. The molecule has 0 aliphatic heterocycles. The molecule has 0 aliphatic rings. The van der Waals surface area contributed by atoms with Crippen LogP contribution in [0.2, 0.25) is 0 Å². The number of rotatable bonds is 6. The molecule has 1 rings (SSSR count). The molecular formula is C13H18O4. The molecule has 0 spiro atoms. The van der Waals surface area contributed by atoms with Crippen molar-refractivity contribution in [1.29, 1.82) is 0 Å². The summed E-state index contributed by atoms with van der Waals surface area (Å²) in [7, 11) is 0. The van der Waals surface area contributed by atoms with Crippen molar-refractivity contribution in [2.45, 2.75) is 26.4 Å². The lowest BCUT2D eigenvalue weighted by atomic mass is 10.2. The van der Waals surface area contributed by atoms with Crippen LogP contribution >= 0.6 is 0 Å². The highest BCUT2D eigenvalue weighted by Crippen LogP contribution is 2.13. The molecule has 0 bridgehead atoms. The van der Waals surface area contributed by atoms with E-state index in [0.717, 1.165) is 0 Å². The van der Waals surface area contributed by atoms with Gasteiger partial charge in [-0.25, -0.2) is 4.79 Å². The third-order valence-corrected chi connectivity index (χ3v) is 2.00. The van der Waals surface area contributed by atoms with Crippen LogP contribution in [0.3, 0.4) is 0 Å². The zero-order valence-electron chi connectivity index (χ0n) is 10.2. The van der Waals surface area contributed by atoms with Gasteiger partial charge in [0.05, 0.1) is 18.3 Å². The standard InChI is InChI=1S/C13H18O4/c1-10(2)17-13(15)11-4-6-12(7-5-11)16-9-3-8-14/h4-7,10,14H,3,8-9H2,1-2H3. The maximum Gasteiger partial charge on any atom is 0.338 e. The highest BCUT2D eigenvalue weighted by Gasteiger charge is 2.08. The Balaban J connectivity index is 2.52. The van der Waals surface area contributed by atoms with Gasteiger partial charge in [0.1, 0.15) is 5.75 Å². The van der Waals surface area contributed by atoms with Crippen LogP contribution < -0.4 is 4.74 Å². The number of aliphatic hydroxyl groups excluding tert-OH is 1. The van der Waals surface area contributed by atoms with Crippen LogP contribution in [0, 0.1) is 0 Å². The van der Waals surface area contributed by atoms with Crippen LogP contribution in [0.4, 0.5) is 0 Å². The second kappa shape index (κ2) is 6.91. The SMILES string of the molecule is CC(C)OC(=O)c1ccc(OCCCO)cc1. The van der Waals surface area contributed by atoms with E-state index in [4.69, 9.17) is 14.6 Å². The molecule has 0 aromatic heterocycles. The number of hydrogen-bond acceptors (Lipinski definition) is 4. The summed E-state index contributed by atoms with van der Waals surface area (Å²) in [4.78, 5) is 11.5. The maximum absolute atomic E-state index is 11.5. The Morgan fingerprint density at radius 2 is 1.94 bits per heavy atom. The molecule has 0 amide bonds. The van der Waals surface area contributed by atoms with Crippen LogP contribution in [0.15, 0.2) is 24.3 Å². The number of hydrogen-bond donors (Lipinski definition) is 1. The number of esters is 1. The average molecular weight is 238 g/mol.